The topological polar surface area (TPSA) is 93.6 Å². The minimum Gasteiger partial charge on any atom is -0.393 e. The molecule has 0 aliphatic carbocycles. The number of aliphatic hydroxyl groups excluding tert-OH is 1. The van der Waals surface area contributed by atoms with Crippen LogP contribution in [-0.4, -0.2) is 39.6 Å². The van der Waals surface area contributed by atoms with Gasteiger partial charge in [0.05, 0.1) is 12.7 Å². The summed E-state index contributed by atoms with van der Waals surface area (Å²) < 4.78 is 13.0. The molecule has 2 fully saturated rings. The molecule has 1 aromatic heterocycles. The zero-order valence-electron chi connectivity index (χ0n) is 11.3. The number of ether oxygens (including phenoxy) is 2. The SMILES string of the molecule is Cc1cn([C@H]2C[C@@H]3OCCC[C@]3(CO)O2)c(=O)[nH]c1=O. The van der Waals surface area contributed by atoms with Crippen LogP contribution in [0.15, 0.2) is 15.8 Å². The Kier molecular flexibility index (Phi) is 3.27. The highest BCUT2D eigenvalue weighted by molar-refractivity contribution is 5.04. The van der Waals surface area contributed by atoms with Crippen molar-refractivity contribution in [3.8, 4) is 0 Å². The first-order valence-electron chi connectivity index (χ1n) is 6.78. The van der Waals surface area contributed by atoms with Gasteiger partial charge in [0.2, 0.25) is 0 Å². The molecule has 0 amide bonds. The van der Waals surface area contributed by atoms with Gasteiger partial charge in [-0.2, -0.15) is 0 Å². The van der Waals surface area contributed by atoms with Gasteiger partial charge < -0.3 is 14.6 Å². The molecule has 2 aliphatic heterocycles. The van der Waals surface area contributed by atoms with Crippen LogP contribution in [-0.2, 0) is 9.47 Å². The van der Waals surface area contributed by atoms with Crippen molar-refractivity contribution in [2.24, 2.45) is 0 Å². The van der Waals surface area contributed by atoms with Crippen molar-refractivity contribution in [2.75, 3.05) is 13.2 Å². The number of nitrogens with zero attached hydrogens (tertiary/aromatic N) is 1. The van der Waals surface area contributed by atoms with E-state index in [1.807, 2.05) is 0 Å². The second kappa shape index (κ2) is 4.83. The predicted octanol–water partition coefficient (Wildman–Crippen LogP) is -0.326. The molecule has 3 heterocycles. The van der Waals surface area contributed by atoms with Gasteiger partial charge in [-0.15, -0.1) is 0 Å². The first kappa shape index (κ1) is 13.5. The Hall–Kier alpha value is -1.44. The number of aryl methyl sites for hydroxylation is 1. The molecular formula is C13H18N2O5. The van der Waals surface area contributed by atoms with Gasteiger partial charge in [-0.1, -0.05) is 0 Å². The van der Waals surface area contributed by atoms with Crippen molar-refractivity contribution in [2.45, 2.75) is 44.1 Å². The summed E-state index contributed by atoms with van der Waals surface area (Å²) in [5.74, 6) is 0. The largest absolute Gasteiger partial charge is 0.393 e. The molecule has 3 atom stereocenters. The van der Waals surface area contributed by atoms with E-state index in [0.29, 0.717) is 25.0 Å². The first-order chi connectivity index (χ1) is 9.55. The standard InChI is InChI=1S/C13H18N2O5/c1-8-6-15(12(18)14-11(8)17)10-5-9-13(7-16,20-10)3-2-4-19-9/h6,9-10,16H,2-5,7H2,1H3,(H,14,17,18)/t9-,10+,13+/m0/s1. The van der Waals surface area contributed by atoms with Crippen molar-refractivity contribution < 1.29 is 14.6 Å². The average Bonchev–Trinajstić information content (AvgIpc) is 2.82. The fourth-order valence-electron chi connectivity index (χ4n) is 3.02. The Balaban J connectivity index is 1.95. The highest BCUT2D eigenvalue weighted by Crippen LogP contribution is 2.43. The smallest absolute Gasteiger partial charge is 0.330 e. The lowest BCUT2D eigenvalue weighted by Crippen LogP contribution is -2.47. The van der Waals surface area contributed by atoms with Gasteiger partial charge in [0, 0.05) is 24.8 Å². The summed E-state index contributed by atoms with van der Waals surface area (Å²) >= 11 is 0. The normalized spacial score (nSPS) is 33.1. The molecule has 2 N–H and O–H groups in total. The molecular weight excluding hydrogens is 264 g/mol. The van der Waals surface area contributed by atoms with Crippen LogP contribution in [0.1, 0.15) is 31.1 Å². The number of hydrogen-bond acceptors (Lipinski definition) is 5. The number of aromatic amines is 1. The Labute approximate surface area is 115 Å². The van der Waals surface area contributed by atoms with Crippen molar-refractivity contribution in [3.05, 3.63) is 32.6 Å². The van der Waals surface area contributed by atoms with Crippen LogP contribution in [0.2, 0.25) is 0 Å². The quantitative estimate of drug-likeness (QED) is 0.775. The molecule has 0 bridgehead atoms. The average molecular weight is 282 g/mol. The zero-order chi connectivity index (χ0) is 14.3. The van der Waals surface area contributed by atoms with Crippen LogP contribution in [0.25, 0.3) is 0 Å². The van der Waals surface area contributed by atoms with Crippen molar-refractivity contribution in [3.63, 3.8) is 0 Å². The molecule has 0 unspecified atom stereocenters. The molecule has 0 radical (unpaired) electrons. The molecule has 0 spiro atoms. The molecule has 2 saturated heterocycles. The highest BCUT2D eigenvalue weighted by Gasteiger charge is 2.51. The minimum atomic E-state index is -0.730. The molecule has 7 nitrogen and oxygen atoms in total. The Bertz CT molecular complexity index is 622. The number of fused-ring (bicyclic) bond motifs is 1. The third-order valence-corrected chi connectivity index (χ3v) is 4.16. The van der Waals surface area contributed by atoms with Crippen LogP contribution >= 0.6 is 0 Å². The van der Waals surface area contributed by atoms with Crippen LogP contribution in [0.3, 0.4) is 0 Å². The van der Waals surface area contributed by atoms with Gasteiger partial charge in [0.1, 0.15) is 11.8 Å². The number of nitrogens with one attached hydrogen (secondary N) is 1. The maximum atomic E-state index is 11.9. The summed E-state index contributed by atoms with van der Waals surface area (Å²) in [6, 6.07) is 0. The van der Waals surface area contributed by atoms with Crippen LogP contribution in [0.5, 0.6) is 0 Å². The summed E-state index contributed by atoms with van der Waals surface area (Å²) in [6.07, 6.45) is 2.78. The zero-order valence-corrected chi connectivity index (χ0v) is 11.3. The van der Waals surface area contributed by atoms with E-state index < -0.39 is 23.1 Å². The summed E-state index contributed by atoms with van der Waals surface area (Å²) in [5, 5.41) is 9.63. The number of rotatable bonds is 2. The lowest BCUT2D eigenvalue weighted by atomic mass is 9.90. The minimum absolute atomic E-state index is 0.134. The summed E-state index contributed by atoms with van der Waals surface area (Å²) in [7, 11) is 0. The van der Waals surface area contributed by atoms with Gasteiger partial charge in [0.25, 0.3) is 5.56 Å². The Morgan fingerprint density at radius 3 is 3.05 bits per heavy atom. The molecule has 20 heavy (non-hydrogen) atoms. The molecule has 2 aliphatic rings. The van der Waals surface area contributed by atoms with E-state index in [1.165, 1.54) is 10.8 Å². The van der Waals surface area contributed by atoms with Gasteiger partial charge in [-0.25, -0.2) is 4.79 Å². The van der Waals surface area contributed by atoms with Crippen molar-refractivity contribution >= 4 is 0 Å². The third kappa shape index (κ3) is 2.02. The van der Waals surface area contributed by atoms with E-state index >= 15 is 0 Å². The summed E-state index contributed by atoms with van der Waals surface area (Å²) in [6.45, 7) is 2.14. The van der Waals surface area contributed by atoms with Crippen molar-refractivity contribution in [1.29, 1.82) is 0 Å². The van der Waals surface area contributed by atoms with E-state index in [4.69, 9.17) is 9.47 Å². The van der Waals surface area contributed by atoms with Crippen LogP contribution in [0.4, 0.5) is 0 Å². The number of aromatic nitrogens is 2. The van der Waals surface area contributed by atoms with E-state index in [0.717, 1.165) is 6.42 Å². The lowest BCUT2D eigenvalue weighted by molar-refractivity contribution is -0.166. The molecule has 7 heteroatoms. The van der Waals surface area contributed by atoms with E-state index in [-0.39, 0.29) is 12.7 Å². The maximum absolute atomic E-state index is 11.9. The maximum Gasteiger partial charge on any atom is 0.330 e. The van der Waals surface area contributed by atoms with E-state index in [2.05, 4.69) is 4.98 Å². The van der Waals surface area contributed by atoms with E-state index in [1.54, 1.807) is 6.92 Å². The van der Waals surface area contributed by atoms with Crippen LogP contribution < -0.4 is 11.2 Å². The van der Waals surface area contributed by atoms with Crippen molar-refractivity contribution in [1.82, 2.24) is 9.55 Å². The molecule has 110 valence electrons. The van der Waals surface area contributed by atoms with Gasteiger partial charge in [0.15, 0.2) is 0 Å². The number of aliphatic hydroxyl groups is 1. The highest BCUT2D eigenvalue weighted by atomic mass is 16.6. The van der Waals surface area contributed by atoms with E-state index in [9.17, 15) is 14.7 Å². The fourth-order valence-corrected chi connectivity index (χ4v) is 3.02. The fraction of sp³-hybridized carbons (Fsp3) is 0.692. The molecule has 1 aromatic rings. The van der Waals surface area contributed by atoms with Gasteiger partial charge >= 0.3 is 5.69 Å². The predicted molar refractivity (Wildman–Crippen MR) is 69.6 cm³/mol. The van der Waals surface area contributed by atoms with Gasteiger partial charge in [-0.3, -0.25) is 14.3 Å². The molecule has 0 aromatic carbocycles. The monoisotopic (exact) mass is 282 g/mol. The van der Waals surface area contributed by atoms with Crippen LogP contribution in [0, 0.1) is 6.92 Å². The number of H-pyrrole nitrogens is 1. The third-order valence-electron chi connectivity index (χ3n) is 4.16. The molecule has 0 saturated carbocycles. The summed E-state index contributed by atoms with van der Waals surface area (Å²) in [4.78, 5) is 25.6. The Morgan fingerprint density at radius 2 is 2.35 bits per heavy atom. The lowest BCUT2D eigenvalue weighted by Gasteiger charge is -2.36. The second-order valence-corrected chi connectivity index (χ2v) is 5.47. The van der Waals surface area contributed by atoms with Gasteiger partial charge in [-0.05, 0) is 19.8 Å². The molecule has 3 rings (SSSR count). The first-order valence-corrected chi connectivity index (χ1v) is 6.78. The number of hydrogen-bond donors (Lipinski definition) is 2. The second-order valence-electron chi connectivity index (χ2n) is 5.47. The Morgan fingerprint density at radius 1 is 1.55 bits per heavy atom. The summed E-state index contributed by atoms with van der Waals surface area (Å²) in [5.41, 5.74) is -1.18.